The summed E-state index contributed by atoms with van der Waals surface area (Å²) in [6.45, 7) is 6.09. The zero-order valence-corrected chi connectivity index (χ0v) is 23.8. The van der Waals surface area contributed by atoms with E-state index < -0.39 is 34.6 Å². The molecular weight excluding hydrogens is 594 g/mol. The van der Waals surface area contributed by atoms with Crippen LogP contribution in [-0.2, 0) is 20.0 Å². The van der Waals surface area contributed by atoms with Gasteiger partial charge >= 0.3 is 0 Å². The minimum Gasteiger partial charge on any atom is -0.253 e. The maximum atomic E-state index is 12.7. The lowest BCUT2D eigenvalue weighted by Gasteiger charge is -2.17. The Labute approximate surface area is 230 Å². The predicted octanol–water partition coefficient (Wildman–Crippen LogP) is -1.90. The smallest absolute Gasteiger partial charge is 0.253 e. The second-order valence-electron chi connectivity index (χ2n) is 8.01. The highest BCUT2D eigenvalue weighted by molar-refractivity contribution is 7.93. The highest BCUT2D eigenvalue weighted by Gasteiger charge is 2.23. The molecule has 0 atom stereocenters. The highest BCUT2D eigenvalue weighted by Crippen LogP contribution is 2.26. The fourth-order valence-electron chi connectivity index (χ4n) is 3.64. The molecule has 39 heavy (non-hydrogen) atoms. The lowest BCUT2D eigenvalue weighted by atomic mass is 9.98. The van der Waals surface area contributed by atoms with Gasteiger partial charge in [0.15, 0.2) is 11.4 Å². The van der Waals surface area contributed by atoms with Crippen LogP contribution in [0.5, 0.6) is 0 Å². The van der Waals surface area contributed by atoms with E-state index in [-0.39, 0.29) is 10.0 Å². The number of hydrogen-bond donors (Lipinski definition) is 2. The monoisotopic (exact) mass is 615 g/mol. The number of sulfonamides is 2. The summed E-state index contributed by atoms with van der Waals surface area (Å²) in [4.78, 5) is -0.00265. The van der Waals surface area contributed by atoms with Gasteiger partial charge in [0.05, 0.1) is 4.90 Å². The predicted molar refractivity (Wildman–Crippen MR) is 130 cm³/mol. The highest BCUT2D eigenvalue weighted by atomic mass is 35.7. The Balaban J connectivity index is 0.000000771. The number of benzene rings is 2. The Bertz CT molecular complexity index is 1680. The van der Waals surface area contributed by atoms with Crippen LogP contribution in [0.25, 0.3) is 16.8 Å². The molecule has 0 saturated heterocycles. The van der Waals surface area contributed by atoms with Crippen molar-refractivity contribution in [2.45, 2.75) is 30.0 Å². The molecule has 208 valence electrons. The third-order valence-electron chi connectivity index (χ3n) is 5.35. The maximum absolute atomic E-state index is 12.7. The molecule has 4 rings (SSSR count). The number of hydrogen-bond acceptors (Lipinski definition) is 11. The van der Waals surface area contributed by atoms with Crippen molar-refractivity contribution >= 4 is 36.5 Å². The molecule has 0 saturated carbocycles. The van der Waals surface area contributed by atoms with Gasteiger partial charge in [0.25, 0.3) is 20.0 Å². The van der Waals surface area contributed by atoms with Gasteiger partial charge in [-0.2, -0.15) is 4.57 Å². The van der Waals surface area contributed by atoms with Crippen molar-refractivity contribution in [1.29, 1.82) is 0 Å². The van der Waals surface area contributed by atoms with Gasteiger partial charge in [0, 0.05) is 37.6 Å². The van der Waals surface area contributed by atoms with E-state index in [9.17, 15) is 16.8 Å². The van der Waals surface area contributed by atoms with Gasteiger partial charge in [-0.25, -0.2) is 40.6 Å². The van der Waals surface area contributed by atoms with E-state index in [1.807, 2.05) is 32.0 Å². The minimum atomic E-state index is -4.94. The van der Waals surface area contributed by atoms with Crippen molar-refractivity contribution < 1.29 is 50.3 Å². The molecule has 0 aliphatic carbocycles. The molecule has 17 heteroatoms. The number of nitrogens with zero attached hydrogens (tertiary/aromatic N) is 3. The van der Waals surface area contributed by atoms with Crippen molar-refractivity contribution in [3.8, 4) is 16.8 Å². The third kappa shape index (κ3) is 7.98. The average Bonchev–Trinajstić information content (AvgIpc) is 3.30. The number of primary sulfonamides is 1. The summed E-state index contributed by atoms with van der Waals surface area (Å²) >= 11 is 0.537. The summed E-state index contributed by atoms with van der Waals surface area (Å²) in [5.74, 6) is 0. The van der Waals surface area contributed by atoms with E-state index in [0.29, 0.717) is 11.3 Å². The molecule has 0 aliphatic heterocycles. The Hall–Kier alpha value is -3.06. The van der Waals surface area contributed by atoms with E-state index in [0.717, 1.165) is 33.8 Å². The van der Waals surface area contributed by atoms with Gasteiger partial charge in [0.2, 0.25) is 15.2 Å². The van der Waals surface area contributed by atoms with Crippen LogP contribution in [-0.4, -0.2) is 27.0 Å². The molecule has 0 bridgehead atoms. The van der Waals surface area contributed by atoms with Gasteiger partial charge in [0.1, 0.15) is 0 Å². The van der Waals surface area contributed by atoms with Gasteiger partial charge in [-0.3, -0.25) is 4.72 Å². The number of aromatic nitrogens is 3. The first-order valence-electron chi connectivity index (χ1n) is 10.7. The summed E-state index contributed by atoms with van der Waals surface area (Å²) in [7, 11) is -13.0. The zero-order chi connectivity index (χ0) is 29.2. The first-order chi connectivity index (χ1) is 18.0. The molecule has 2 aromatic heterocycles. The van der Waals surface area contributed by atoms with Crippen molar-refractivity contribution in [2.75, 3.05) is 4.72 Å². The largest absolute Gasteiger partial charge is 0.267 e. The van der Waals surface area contributed by atoms with Crippen molar-refractivity contribution in [1.82, 2.24) is 10.2 Å². The van der Waals surface area contributed by atoms with Crippen LogP contribution in [0, 0.1) is 31.0 Å². The van der Waals surface area contributed by atoms with Crippen LogP contribution >= 0.6 is 11.3 Å². The van der Waals surface area contributed by atoms with Crippen molar-refractivity contribution in [3.05, 3.63) is 77.6 Å². The average molecular weight is 616 g/mol. The van der Waals surface area contributed by atoms with Crippen molar-refractivity contribution in [2.24, 2.45) is 5.14 Å². The number of halogens is 1. The summed E-state index contributed by atoms with van der Waals surface area (Å²) in [6, 6.07) is 18.6. The van der Waals surface area contributed by atoms with Gasteiger partial charge < -0.3 is 0 Å². The second kappa shape index (κ2) is 11.6. The molecule has 0 amide bonds. The summed E-state index contributed by atoms with van der Waals surface area (Å²) in [5, 5.41) is 11.7. The Morgan fingerprint density at radius 3 is 1.97 bits per heavy atom. The number of pyridine rings is 1. The summed E-state index contributed by atoms with van der Waals surface area (Å²) < 4.78 is 86.0. The van der Waals surface area contributed by atoms with Crippen LogP contribution in [0.1, 0.15) is 17.0 Å². The maximum Gasteiger partial charge on any atom is 0.267 e. The van der Waals surface area contributed by atoms with Crippen LogP contribution in [0.4, 0.5) is 5.13 Å². The number of nitrogens with one attached hydrogen (secondary N) is 1. The van der Waals surface area contributed by atoms with Crippen molar-refractivity contribution in [3.63, 3.8) is 0 Å². The topological polar surface area (TPSA) is 228 Å². The molecular formula is C22H22ClN5O8S3. The van der Waals surface area contributed by atoms with E-state index in [2.05, 4.69) is 44.6 Å². The Morgan fingerprint density at radius 2 is 1.46 bits per heavy atom. The second-order valence-corrected chi connectivity index (χ2v) is 13.2. The summed E-state index contributed by atoms with van der Waals surface area (Å²) in [6.07, 6.45) is 0. The molecule has 0 aliphatic rings. The zero-order valence-electron chi connectivity index (χ0n) is 20.6. The van der Waals surface area contributed by atoms with E-state index >= 15 is 0 Å². The first kappa shape index (κ1) is 30.5. The van der Waals surface area contributed by atoms with Gasteiger partial charge in [-0.1, -0.05) is 41.7 Å². The molecule has 2 heterocycles. The molecule has 0 unspecified atom stereocenters. The van der Waals surface area contributed by atoms with Crippen LogP contribution in [0.15, 0.2) is 69.9 Å². The van der Waals surface area contributed by atoms with Crippen LogP contribution in [0.3, 0.4) is 0 Å². The van der Waals surface area contributed by atoms with E-state index in [4.69, 9.17) is 23.8 Å². The molecule has 2 aromatic carbocycles. The van der Waals surface area contributed by atoms with E-state index in [1.165, 1.54) is 12.1 Å². The summed E-state index contributed by atoms with van der Waals surface area (Å²) in [5.41, 5.74) is 6.25. The number of anilines is 1. The normalized spacial score (nSPS) is 12.0. The van der Waals surface area contributed by atoms with Crippen LogP contribution in [0.2, 0.25) is 0 Å². The van der Waals surface area contributed by atoms with Crippen LogP contribution < -0.4 is 33.1 Å². The quantitative estimate of drug-likeness (QED) is 0.229. The first-order valence-corrected chi connectivity index (χ1v) is 15.7. The number of rotatable bonds is 6. The number of aryl methyl sites for hydroxylation is 1. The van der Waals surface area contributed by atoms with Gasteiger partial charge in [-0.15, -0.1) is 20.4 Å². The van der Waals surface area contributed by atoms with E-state index in [1.54, 1.807) is 12.1 Å². The Kier molecular flexibility index (Phi) is 9.06. The lowest BCUT2D eigenvalue weighted by Crippen LogP contribution is -2.68. The Morgan fingerprint density at radius 1 is 0.897 bits per heavy atom. The standard InChI is InChI=1S/C22H22N5O4S3.ClHO4/c1-14-13-20(17-7-5-4-6-8-17)15(2)16(3)27(14)18-9-11-19(12-10-18)34(30,31)26-21-24-25-22(32-21)33(23,28)29;2-1(3,4)5/h4-13H,1-3H3,(H,24,26)(H2,23,28,29);(H,2,3,4,5)/q+1;/p-1. The minimum absolute atomic E-state index is 0.00265. The molecule has 4 aromatic rings. The molecule has 0 spiro atoms. The third-order valence-corrected chi connectivity index (χ3v) is 8.98. The molecule has 0 radical (unpaired) electrons. The molecule has 3 N–H and O–H groups in total. The molecule has 13 nitrogen and oxygen atoms in total. The SMILES string of the molecule is Cc1c(-c2ccccc2)cc(C)[n+](-c2ccc(S(=O)(=O)Nc3nnc(S(N)(=O)=O)s3)cc2)c1C.[O-][Cl+3]([O-])([O-])[O-]. The number of nitrogens with two attached hydrogens (primary N) is 1. The van der Waals surface area contributed by atoms with Gasteiger partial charge in [-0.05, 0) is 30.2 Å². The fourth-order valence-corrected chi connectivity index (χ4v) is 6.20. The fraction of sp³-hybridized carbons (Fsp3) is 0.136. The lowest BCUT2D eigenvalue weighted by molar-refractivity contribution is -2.00. The molecule has 0 fully saturated rings.